The van der Waals surface area contributed by atoms with Gasteiger partial charge in [-0.25, -0.2) is 0 Å². The molecule has 0 saturated carbocycles. The van der Waals surface area contributed by atoms with Crippen molar-refractivity contribution in [3.63, 3.8) is 0 Å². The van der Waals surface area contributed by atoms with Crippen molar-refractivity contribution in [1.29, 1.82) is 0 Å². The maximum atomic E-state index is 6.37. The summed E-state index contributed by atoms with van der Waals surface area (Å²) in [5, 5.41) is 0. The summed E-state index contributed by atoms with van der Waals surface area (Å²) in [4.78, 5) is 0. The number of ether oxygens (including phenoxy) is 2. The van der Waals surface area contributed by atoms with Crippen molar-refractivity contribution in [2.45, 2.75) is 58.1 Å². The highest BCUT2D eigenvalue weighted by Gasteiger charge is 2.19. The second-order valence-corrected chi connectivity index (χ2v) is 5.80. The van der Waals surface area contributed by atoms with Gasteiger partial charge in [-0.1, -0.05) is 12.1 Å². The van der Waals surface area contributed by atoms with E-state index in [0.29, 0.717) is 6.10 Å². The van der Waals surface area contributed by atoms with Gasteiger partial charge in [0.25, 0.3) is 0 Å². The number of aryl methyl sites for hydroxylation is 1. The highest BCUT2D eigenvalue weighted by atomic mass is 16.5. The van der Waals surface area contributed by atoms with Crippen molar-refractivity contribution < 1.29 is 9.47 Å². The largest absolute Gasteiger partial charge is 0.496 e. The first kappa shape index (κ1) is 15.3. The molecular formula is C17H27NO2. The van der Waals surface area contributed by atoms with Crippen LogP contribution >= 0.6 is 0 Å². The van der Waals surface area contributed by atoms with Gasteiger partial charge in [-0.15, -0.1) is 0 Å². The number of methoxy groups -OCH3 is 1. The Bertz CT molecular complexity index is 439. The molecule has 1 heterocycles. The Balaban J connectivity index is 2.01. The first-order chi connectivity index (χ1) is 9.63. The van der Waals surface area contributed by atoms with Gasteiger partial charge in [0.15, 0.2) is 0 Å². The van der Waals surface area contributed by atoms with Crippen molar-refractivity contribution in [3.8, 4) is 5.75 Å². The molecule has 2 N–H and O–H groups in total. The Hall–Kier alpha value is -1.06. The first-order valence-electron chi connectivity index (χ1n) is 7.64. The lowest BCUT2D eigenvalue weighted by Crippen LogP contribution is -2.21. The molecule has 0 aromatic heterocycles. The summed E-state index contributed by atoms with van der Waals surface area (Å²) in [5.41, 5.74) is 9.92. The summed E-state index contributed by atoms with van der Waals surface area (Å²) in [7, 11) is 1.72. The molecule has 3 nitrogen and oxygen atoms in total. The first-order valence-corrected chi connectivity index (χ1v) is 7.64. The van der Waals surface area contributed by atoms with E-state index in [9.17, 15) is 0 Å². The van der Waals surface area contributed by atoms with E-state index in [4.69, 9.17) is 15.2 Å². The van der Waals surface area contributed by atoms with E-state index in [1.807, 2.05) is 0 Å². The Morgan fingerprint density at radius 2 is 2.15 bits per heavy atom. The van der Waals surface area contributed by atoms with Gasteiger partial charge in [0.2, 0.25) is 0 Å². The minimum atomic E-state index is 0.0229. The molecule has 0 aliphatic carbocycles. The zero-order valence-electron chi connectivity index (χ0n) is 12.9. The molecule has 1 aliphatic rings. The van der Waals surface area contributed by atoms with E-state index in [-0.39, 0.29) is 6.04 Å². The Kier molecular flexibility index (Phi) is 5.44. The fraction of sp³-hybridized carbons (Fsp3) is 0.647. The van der Waals surface area contributed by atoms with E-state index in [0.717, 1.165) is 30.8 Å². The van der Waals surface area contributed by atoms with Crippen LogP contribution in [-0.2, 0) is 4.74 Å². The fourth-order valence-corrected chi connectivity index (χ4v) is 2.93. The number of benzene rings is 1. The van der Waals surface area contributed by atoms with Gasteiger partial charge in [-0.3, -0.25) is 0 Å². The normalized spacial score (nSPS) is 20.7. The van der Waals surface area contributed by atoms with Gasteiger partial charge in [0.05, 0.1) is 13.2 Å². The molecule has 112 valence electrons. The molecule has 3 heteroatoms. The van der Waals surface area contributed by atoms with Gasteiger partial charge in [-0.05, 0) is 57.1 Å². The lowest BCUT2D eigenvalue weighted by Gasteiger charge is -2.24. The molecule has 1 saturated heterocycles. The van der Waals surface area contributed by atoms with Gasteiger partial charge in [-0.2, -0.15) is 0 Å². The average molecular weight is 277 g/mol. The molecule has 2 rings (SSSR count). The third-order valence-corrected chi connectivity index (χ3v) is 4.38. The minimum Gasteiger partial charge on any atom is -0.496 e. The predicted molar refractivity (Wildman–Crippen MR) is 82.2 cm³/mol. The summed E-state index contributed by atoms with van der Waals surface area (Å²) in [6.07, 6.45) is 6.05. The quantitative estimate of drug-likeness (QED) is 0.893. The molecule has 0 amide bonds. The molecule has 0 radical (unpaired) electrons. The highest BCUT2D eigenvalue weighted by molar-refractivity contribution is 5.46. The number of hydrogen-bond donors (Lipinski definition) is 1. The van der Waals surface area contributed by atoms with Crippen molar-refractivity contribution in [2.75, 3.05) is 13.7 Å². The summed E-state index contributed by atoms with van der Waals surface area (Å²) in [6, 6.07) is 4.26. The van der Waals surface area contributed by atoms with E-state index in [2.05, 4.69) is 26.0 Å². The van der Waals surface area contributed by atoms with Crippen molar-refractivity contribution in [3.05, 3.63) is 28.8 Å². The van der Waals surface area contributed by atoms with Gasteiger partial charge in [0.1, 0.15) is 5.75 Å². The van der Waals surface area contributed by atoms with E-state index >= 15 is 0 Å². The lowest BCUT2D eigenvalue weighted by molar-refractivity contribution is 0.00909. The SMILES string of the molecule is COc1c(C(N)CCC2CCCCO2)ccc(C)c1C. The van der Waals surface area contributed by atoms with Crippen molar-refractivity contribution in [2.24, 2.45) is 5.73 Å². The standard InChI is InChI=1S/C17H27NO2/c1-12-7-9-15(17(19-3)13(12)2)16(18)10-8-14-6-4-5-11-20-14/h7,9,14,16H,4-6,8,10-11,18H2,1-3H3. The third-order valence-electron chi connectivity index (χ3n) is 4.38. The highest BCUT2D eigenvalue weighted by Crippen LogP contribution is 2.32. The molecular weight excluding hydrogens is 250 g/mol. The molecule has 2 unspecified atom stereocenters. The lowest BCUT2D eigenvalue weighted by atomic mass is 9.94. The van der Waals surface area contributed by atoms with Crippen LogP contribution in [0.25, 0.3) is 0 Å². The van der Waals surface area contributed by atoms with Crippen LogP contribution in [0.1, 0.15) is 54.8 Å². The van der Waals surface area contributed by atoms with Crippen molar-refractivity contribution in [1.82, 2.24) is 0 Å². The smallest absolute Gasteiger partial charge is 0.126 e. The Morgan fingerprint density at radius 3 is 2.80 bits per heavy atom. The molecule has 2 atom stereocenters. The van der Waals surface area contributed by atoms with Gasteiger partial charge < -0.3 is 15.2 Å². The van der Waals surface area contributed by atoms with Crippen LogP contribution in [0.2, 0.25) is 0 Å². The molecule has 1 fully saturated rings. The van der Waals surface area contributed by atoms with Crippen LogP contribution in [0.3, 0.4) is 0 Å². The Labute approximate surface area is 122 Å². The van der Waals surface area contributed by atoms with Gasteiger partial charge in [0, 0.05) is 18.2 Å². The van der Waals surface area contributed by atoms with Crippen LogP contribution < -0.4 is 10.5 Å². The third kappa shape index (κ3) is 3.53. The zero-order valence-corrected chi connectivity index (χ0v) is 12.9. The van der Waals surface area contributed by atoms with E-state index < -0.39 is 0 Å². The zero-order chi connectivity index (χ0) is 14.5. The second-order valence-electron chi connectivity index (χ2n) is 5.80. The molecule has 0 bridgehead atoms. The van der Waals surface area contributed by atoms with E-state index in [1.165, 1.54) is 30.4 Å². The fourth-order valence-electron chi connectivity index (χ4n) is 2.93. The van der Waals surface area contributed by atoms with Crippen LogP contribution in [0.15, 0.2) is 12.1 Å². The average Bonchev–Trinajstić information content (AvgIpc) is 2.48. The summed E-state index contributed by atoms with van der Waals surface area (Å²) in [6.45, 7) is 5.10. The summed E-state index contributed by atoms with van der Waals surface area (Å²) >= 11 is 0. The molecule has 1 aliphatic heterocycles. The molecule has 1 aromatic carbocycles. The topological polar surface area (TPSA) is 44.5 Å². The number of nitrogens with two attached hydrogens (primary N) is 1. The number of hydrogen-bond acceptors (Lipinski definition) is 3. The van der Waals surface area contributed by atoms with Crippen LogP contribution in [0, 0.1) is 13.8 Å². The monoisotopic (exact) mass is 277 g/mol. The predicted octanol–water partition coefficient (Wildman–Crippen LogP) is 3.66. The molecule has 1 aromatic rings. The minimum absolute atomic E-state index is 0.0229. The molecule has 0 spiro atoms. The summed E-state index contributed by atoms with van der Waals surface area (Å²) in [5.74, 6) is 0.946. The Morgan fingerprint density at radius 1 is 1.35 bits per heavy atom. The second kappa shape index (κ2) is 7.09. The van der Waals surface area contributed by atoms with Crippen molar-refractivity contribution >= 4 is 0 Å². The van der Waals surface area contributed by atoms with Crippen LogP contribution in [-0.4, -0.2) is 19.8 Å². The summed E-state index contributed by atoms with van der Waals surface area (Å²) < 4.78 is 11.3. The molecule has 20 heavy (non-hydrogen) atoms. The number of rotatable bonds is 5. The van der Waals surface area contributed by atoms with Crippen LogP contribution in [0.4, 0.5) is 0 Å². The van der Waals surface area contributed by atoms with Gasteiger partial charge >= 0.3 is 0 Å². The van der Waals surface area contributed by atoms with E-state index in [1.54, 1.807) is 7.11 Å². The maximum Gasteiger partial charge on any atom is 0.126 e. The maximum absolute atomic E-state index is 6.37. The van der Waals surface area contributed by atoms with Crippen LogP contribution in [0.5, 0.6) is 5.75 Å².